The van der Waals surface area contributed by atoms with Gasteiger partial charge in [-0.15, -0.1) is 6.42 Å². The number of terminal acetylenes is 1. The second kappa shape index (κ2) is 11.0. The average molecular weight is 617 g/mol. The maximum atomic E-state index is 14.6. The van der Waals surface area contributed by atoms with Gasteiger partial charge in [-0.25, -0.2) is 13.6 Å². The van der Waals surface area contributed by atoms with Gasteiger partial charge in [-0.3, -0.25) is 4.90 Å². The molecular weight excluding hydrogens is 582 g/mol. The summed E-state index contributed by atoms with van der Waals surface area (Å²) in [5, 5.41) is 21.6. The molecule has 11 heteroatoms. The number of aliphatic hydroxyl groups excluding tert-OH is 1. The number of hydrogen-bond donors (Lipinski definition) is 2. The Balaban J connectivity index is 0.000000308. The van der Waals surface area contributed by atoms with Gasteiger partial charge in [0.05, 0.1) is 24.3 Å². The molecule has 2 N–H and O–H groups in total. The molecule has 0 radical (unpaired) electrons. The van der Waals surface area contributed by atoms with Gasteiger partial charge in [0.25, 0.3) is 0 Å². The Morgan fingerprint density at radius 2 is 2.00 bits per heavy atom. The number of nitrogens with zero attached hydrogens (tertiary/aromatic N) is 4. The first-order chi connectivity index (χ1) is 21.6. The number of anilines is 1. The van der Waals surface area contributed by atoms with Crippen LogP contribution in [0.4, 0.5) is 14.6 Å². The van der Waals surface area contributed by atoms with Gasteiger partial charge in [0.15, 0.2) is 5.82 Å². The van der Waals surface area contributed by atoms with E-state index >= 15 is 0 Å². The SMILES string of the molecule is C#Cc1c(F)ccc2cc(O)cc(-c3oc(=O)c4c(N5CC6(CCC6O)C5)nc(OC)nc4c3C)c12.FC1CC2CCCN2C1. The molecule has 234 valence electrons. The zero-order valence-corrected chi connectivity index (χ0v) is 25.1. The fraction of sp³-hybridized carbons (Fsp3) is 0.441. The summed E-state index contributed by atoms with van der Waals surface area (Å²) in [5.74, 6) is 2.15. The summed E-state index contributed by atoms with van der Waals surface area (Å²) in [6.45, 7) is 4.70. The van der Waals surface area contributed by atoms with Crippen molar-refractivity contribution >= 4 is 27.5 Å². The van der Waals surface area contributed by atoms with Crippen molar-refractivity contribution in [3.05, 3.63) is 51.6 Å². The van der Waals surface area contributed by atoms with Crippen molar-refractivity contribution in [1.29, 1.82) is 0 Å². The highest BCUT2D eigenvalue weighted by molar-refractivity contribution is 6.03. The van der Waals surface area contributed by atoms with E-state index < -0.39 is 17.6 Å². The maximum absolute atomic E-state index is 14.6. The number of alkyl halides is 1. The highest BCUT2D eigenvalue weighted by Gasteiger charge is 2.55. The fourth-order valence-electron chi connectivity index (χ4n) is 7.48. The molecule has 3 aliphatic heterocycles. The Labute approximate surface area is 258 Å². The topological polar surface area (TPSA) is 112 Å². The number of aromatic nitrogens is 2. The summed E-state index contributed by atoms with van der Waals surface area (Å²) in [6.07, 6.45) is 9.75. The van der Waals surface area contributed by atoms with Gasteiger partial charge in [-0.1, -0.05) is 12.0 Å². The third kappa shape index (κ3) is 4.78. The van der Waals surface area contributed by atoms with Crippen LogP contribution in [-0.4, -0.2) is 76.7 Å². The molecule has 4 aromatic rings. The summed E-state index contributed by atoms with van der Waals surface area (Å²) in [4.78, 5) is 26.5. The van der Waals surface area contributed by atoms with Gasteiger partial charge >= 0.3 is 11.6 Å². The number of halogens is 2. The number of phenols is 1. The number of aromatic hydroxyl groups is 1. The third-order valence-electron chi connectivity index (χ3n) is 9.98. The molecule has 4 fully saturated rings. The Morgan fingerprint density at radius 3 is 2.67 bits per heavy atom. The van der Waals surface area contributed by atoms with Crippen LogP contribution in [0.15, 0.2) is 33.5 Å². The predicted molar refractivity (Wildman–Crippen MR) is 166 cm³/mol. The molecule has 1 spiro atoms. The van der Waals surface area contributed by atoms with Crippen LogP contribution in [0.3, 0.4) is 0 Å². The van der Waals surface area contributed by atoms with Gasteiger partial charge in [-0.05, 0) is 69.2 Å². The smallest absolute Gasteiger partial charge is 0.349 e. The maximum Gasteiger partial charge on any atom is 0.349 e. The standard InChI is InChI=1S/C27H22FN3O5.C7H12FN/c1-4-16-18(28)6-5-14-9-15(32)10-17(20(14)16)23-13(2)22-21(25(34)36-23)24(30-26(29-22)35-3)31-11-27(12-31)8-7-19(27)33;8-6-4-7-2-1-3-9(7)5-6/h1,5-6,9-10,19,32-33H,7-8,11-12H2,2-3H3;6-7H,1-5H2. The van der Waals surface area contributed by atoms with E-state index in [2.05, 4.69) is 20.8 Å². The summed E-state index contributed by atoms with van der Waals surface area (Å²) < 4.78 is 38.3. The monoisotopic (exact) mass is 616 g/mol. The van der Waals surface area contributed by atoms with E-state index in [0.29, 0.717) is 53.3 Å². The van der Waals surface area contributed by atoms with E-state index in [-0.39, 0.29) is 45.6 Å². The molecule has 5 heterocycles. The van der Waals surface area contributed by atoms with E-state index in [0.717, 1.165) is 25.8 Å². The van der Waals surface area contributed by atoms with Gasteiger partial charge in [0, 0.05) is 47.6 Å². The molecule has 2 aromatic heterocycles. The second-order valence-electron chi connectivity index (χ2n) is 12.7. The van der Waals surface area contributed by atoms with E-state index in [4.69, 9.17) is 15.6 Å². The number of benzene rings is 2. The lowest BCUT2D eigenvalue weighted by atomic mass is 9.61. The number of ether oxygens (including phenoxy) is 1. The van der Waals surface area contributed by atoms with Crippen molar-refractivity contribution < 1.29 is 28.1 Å². The molecule has 0 bridgehead atoms. The Kier molecular flexibility index (Phi) is 7.17. The van der Waals surface area contributed by atoms with Crippen LogP contribution in [0.1, 0.15) is 43.2 Å². The number of methoxy groups -OCH3 is 1. The van der Waals surface area contributed by atoms with E-state index in [1.807, 2.05) is 4.90 Å². The Bertz CT molecular complexity index is 1920. The van der Waals surface area contributed by atoms with Crippen molar-refractivity contribution in [3.63, 3.8) is 0 Å². The normalized spacial score (nSPS) is 23.3. The van der Waals surface area contributed by atoms with Crippen LogP contribution < -0.4 is 15.3 Å². The predicted octanol–water partition coefficient (Wildman–Crippen LogP) is 4.70. The van der Waals surface area contributed by atoms with Gasteiger partial charge in [0.1, 0.15) is 28.9 Å². The number of rotatable bonds is 3. The van der Waals surface area contributed by atoms with Crippen LogP contribution in [0.2, 0.25) is 0 Å². The number of phenolic OH excluding ortho intramolecular Hbond substituents is 1. The summed E-state index contributed by atoms with van der Waals surface area (Å²) in [5.41, 5.74) is 0.200. The van der Waals surface area contributed by atoms with Crippen molar-refractivity contribution in [1.82, 2.24) is 14.9 Å². The molecule has 2 aromatic carbocycles. The molecule has 1 aliphatic carbocycles. The molecule has 3 saturated heterocycles. The molecule has 3 atom stereocenters. The minimum absolute atomic E-state index is 0.00413. The molecular formula is C34H34F2N4O5. The quantitative estimate of drug-likeness (QED) is 0.317. The molecule has 4 aliphatic rings. The number of hydrogen-bond acceptors (Lipinski definition) is 9. The zero-order chi connectivity index (χ0) is 31.6. The van der Waals surface area contributed by atoms with Crippen LogP contribution in [0.5, 0.6) is 11.8 Å². The number of aryl methyl sites for hydroxylation is 1. The van der Waals surface area contributed by atoms with Gasteiger partial charge in [0.2, 0.25) is 0 Å². The minimum atomic E-state index is -0.687. The molecule has 45 heavy (non-hydrogen) atoms. The van der Waals surface area contributed by atoms with Crippen LogP contribution in [0.25, 0.3) is 33.0 Å². The lowest BCUT2D eigenvalue weighted by Crippen LogP contribution is -2.67. The third-order valence-corrected chi connectivity index (χ3v) is 9.98. The van der Waals surface area contributed by atoms with E-state index in [1.165, 1.54) is 44.2 Å². The van der Waals surface area contributed by atoms with Crippen molar-refractivity contribution in [3.8, 4) is 35.4 Å². The first kappa shape index (κ1) is 29.4. The Hall–Kier alpha value is -4.27. The lowest BCUT2D eigenvalue weighted by Gasteiger charge is -2.59. The summed E-state index contributed by atoms with van der Waals surface area (Å²) in [6, 6.07) is 6.26. The van der Waals surface area contributed by atoms with Crippen molar-refractivity contribution in [2.24, 2.45) is 5.41 Å². The van der Waals surface area contributed by atoms with Crippen molar-refractivity contribution in [2.75, 3.05) is 38.2 Å². The van der Waals surface area contributed by atoms with E-state index in [9.17, 15) is 23.8 Å². The first-order valence-electron chi connectivity index (χ1n) is 15.2. The largest absolute Gasteiger partial charge is 0.508 e. The van der Waals surface area contributed by atoms with E-state index in [1.54, 1.807) is 6.92 Å². The highest BCUT2D eigenvalue weighted by atomic mass is 19.1. The fourth-order valence-corrected chi connectivity index (χ4v) is 7.48. The van der Waals surface area contributed by atoms with Gasteiger partial charge in [-0.2, -0.15) is 9.97 Å². The minimum Gasteiger partial charge on any atom is -0.508 e. The Morgan fingerprint density at radius 1 is 1.20 bits per heavy atom. The molecule has 0 amide bonds. The second-order valence-corrected chi connectivity index (χ2v) is 12.7. The number of fused-ring (bicyclic) bond motifs is 3. The zero-order valence-electron chi connectivity index (χ0n) is 25.1. The summed E-state index contributed by atoms with van der Waals surface area (Å²) in [7, 11) is 1.44. The van der Waals surface area contributed by atoms with Gasteiger partial charge < -0.3 is 24.3 Å². The molecule has 3 unspecified atom stereocenters. The van der Waals surface area contributed by atoms with Crippen molar-refractivity contribution in [2.45, 2.75) is 57.3 Å². The average Bonchev–Trinajstić information content (AvgIpc) is 3.58. The highest BCUT2D eigenvalue weighted by Crippen LogP contribution is 2.50. The number of aliphatic hydroxyl groups is 1. The van der Waals surface area contributed by atoms with Crippen LogP contribution in [0, 0.1) is 30.5 Å². The lowest BCUT2D eigenvalue weighted by molar-refractivity contribution is -0.0824. The van der Waals surface area contributed by atoms with Crippen LogP contribution in [-0.2, 0) is 0 Å². The first-order valence-corrected chi connectivity index (χ1v) is 15.2. The molecule has 1 saturated carbocycles. The molecule has 8 rings (SSSR count). The molecule has 9 nitrogen and oxygen atoms in total. The van der Waals surface area contributed by atoms with Crippen LogP contribution >= 0.6 is 0 Å². The summed E-state index contributed by atoms with van der Waals surface area (Å²) >= 11 is 0.